The number of esters is 1. The Kier molecular flexibility index (Phi) is 6.01. The van der Waals surface area contributed by atoms with Crippen molar-refractivity contribution in [1.29, 1.82) is 0 Å². The van der Waals surface area contributed by atoms with E-state index < -0.39 is 28.9 Å². The van der Waals surface area contributed by atoms with Gasteiger partial charge in [0.25, 0.3) is 5.69 Å². The summed E-state index contributed by atoms with van der Waals surface area (Å²) in [6.07, 6.45) is -0.901. The lowest BCUT2D eigenvalue weighted by molar-refractivity contribution is -0.384. The number of benzene rings is 2. The monoisotopic (exact) mass is 428 g/mol. The van der Waals surface area contributed by atoms with Gasteiger partial charge in [-0.1, -0.05) is 30.3 Å². The summed E-state index contributed by atoms with van der Waals surface area (Å²) in [5, 5.41) is 10.8. The second-order valence-electron chi connectivity index (χ2n) is 8.05. The number of hydrogen-bond donors (Lipinski definition) is 1. The van der Waals surface area contributed by atoms with Crippen molar-refractivity contribution in [2.24, 2.45) is 0 Å². The largest absolute Gasteiger partial charge is 0.456 e. The zero-order valence-electron chi connectivity index (χ0n) is 17.2. The van der Waals surface area contributed by atoms with Crippen molar-refractivity contribution < 1.29 is 28.8 Å². The molecule has 1 heterocycles. The third-order valence-electron chi connectivity index (χ3n) is 5.30. The molecule has 0 unspecified atom stereocenters. The Morgan fingerprint density at radius 2 is 1.81 bits per heavy atom. The van der Waals surface area contributed by atoms with Crippen LogP contribution < -0.4 is 5.48 Å². The van der Waals surface area contributed by atoms with Crippen molar-refractivity contribution in [1.82, 2.24) is 5.48 Å². The topological polar surface area (TPSA) is 109 Å². The number of non-ortho nitro benzene ring substituents is 1. The van der Waals surface area contributed by atoms with E-state index in [9.17, 15) is 14.9 Å². The summed E-state index contributed by atoms with van der Waals surface area (Å²) in [7, 11) is 0. The van der Waals surface area contributed by atoms with Crippen LogP contribution in [0.2, 0.25) is 0 Å². The van der Waals surface area contributed by atoms with Crippen LogP contribution in [0.3, 0.4) is 0 Å². The predicted octanol–water partition coefficient (Wildman–Crippen LogP) is 3.13. The maximum atomic E-state index is 12.6. The van der Waals surface area contributed by atoms with Crippen LogP contribution in [0, 0.1) is 10.1 Å². The Bertz CT molecular complexity index is 933. The molecular formula is C22H24N2O7. The molecule has 1 saturated carbocycles. The van der Waals surface area contributed by atoms with Gasteiger partial charge in [-0.2, -0.15) is 5.48 Å². The highest BCUT2D eigenvalue weighted by Gasteiger charge is 2.55. The van der Waals surface area contributed by atoms with Crippen LogP contribution in [0.5, 0.6) is 0 Å². The molecule has 0 radical (unpaired) electrons. The van der Waals surface area contributed by atoms with Crippen molar-refractivity contribution in [3.05, 3.63) is 75.8 Å². The first-order chi connectivity index (χ1) is 14.8. The summed E-state index contributed by atoms with van der Waals surface area (Å²) in [5.74, 6) is -1.38. The summed E-state index contributed by atoms with van der Waals surface area (Å²) in [5.41, 5.74) is 4.20. The maximum absolute atomic E-state index is 12.6. The van der Waals surface area contributed by atoms with E-state index in [1.165, 1.54) is 24.3 Å². The fourth-order valence-corrected chi connectivity index (χ4v) is 3.90. The van der Waals surface area contributed by atoms with Crippen LogP contribution in [0.15, 0.2) is 54.6 Å². The molecule has 0 amide bonds. The number of hydrogen-bond acceptors (Lipinski definition) is 8. The van der Waals surface area contributed by atoms with Crippen molar-refractivity contribution in [3.63, 3.8) is 0 Å². The maximum Gasteiger partial charge on any atom is 0.338 e. The van der Waals surface area contributed by atoms with Gasteiger partial charge in [-0.3, -0.25) is 15.0 Å². The molecule has 2 aliphatic rings. The third-order valence-corrected chi connectivity index (χ3v) is 5.30. The molecule has 2 fully saturated rings. The molecule has 2 aromatic rings. The quantitative estimate of drug-likeness (QED) is 0.407. The highest BCUT2D eigenvalue weighted by Crippen LogP contribution is 2.40. The summed E-state index contributed by atoms with van der Waals surface area (Å²) in [4.78, 5) is 28.5. The van der Waals surface area contributed by atoms with Crippen LogP contribution in [0.4, 0.5) is 5.69 Å². The van der Waals surface area contributed by atoms with E-state index in [0.717, 1.165) is 5.56 Å². The zero-order valence-corrected chi connectivity index (χ0v) is 17.2. The number of ether oxygens (including phenoxy) is 3. The van der Waals surface area contributed by atoms with E-state index in [-0.39, 0.29) is 23.4 Å². The molecule has 0 aromatic heterocycles. The van der Waals surface area contributed by atoms with Gasteiger partial charge in [0, 0.05) is 18.6 Å². The molecule has 0 spiro atoms. The first-order valence-corrected chi connectivity index (χ1v) is 10.0. The van der Waals surface area contributed by atoms with E-state index in [1.54, 1.807) is 0 Å². The van der Waals surface area contributed by atoms with Crippen LogP contribution >= 0.6 is 0 Å². The van der Waals surface area contributed by atoms with E-state index in [2.05, 4.69) is 5.48 Å². The third kappa shape index (κ3) is 4.91. The lowest BCUT2D eigenvalue weighted by Gasteiger charge is -2.24. The molecule has 1 aliphatic carbocycles. The number of carbonyl (C=O) groups is 1. The number of nitrogens with zero attached hydrogens (tertiary/aromatic N) is 1. The Balaban J connectivity index is 1.40. The molecule has 2 aromatic carbocycles. The number of rotatable bonds is 7. The highest BCUT2D eigenvalue weighted by molar-refractivity contribution is 5.89. The number of nitro benzene ring substituents is 1. The molecule has 1 aliphatic heterocycles. The molecule has 31 heavy (non-hydrogen) atoms. The Hall–Kier alpha value is -2.85. The lowest BCUT2D eigenvalue weighted by Crippen LogP contribution is -2.39. The standard InChI is InChI=1S/C22H24N2O7/c1-22(2)30-19-17(23-28-13-14-6-4-3-5-7-14)12-18(20(19)31-22)29-21(25)15-8-10-16(11-9-15)24(26)27/h3-11,17-20,23H,12-13H2,1-2H3/t17-,18+,19+,20-/m1/s1. The van der Waals surface area contributed by atoms with Crippen molar-refractivity contribution in [3.8, 4) is 0 Å². The summed E-state index contributed by atoms with van der Waals surface area (Å²) in [6, 6.07) is 14.8. The normalized spacial score (nSPS) is 26.4. The minimum Gasteiger partial charge on any atom is -0.456 e. The first-order valence-electron chi connectivity index (χ1n) is 10.0. The van der Waals surface area contributed by atoms with Gasteiger partial charge < -0.3 is 14.2 Å². The van der Waals surface area contributed by atoms with Crippen LogP contribution in [0.1, 0.15) is 36.2 Å². The van der Waals surface area contributed by atoms with E-state index >= 15 is 0 Å². The smallest absolute Gasteiger partial charge is 0.338 e. The van der Waals surface area contributed by atoms with Gasteiger partial charge in [0.2, 0.25) is 0 Å². The van der Waals surface area contributed by atoms with Crippen molar-refractivity contribution in [2.45, 2.75) is 57.0 Å². The summed E-state index contributed by atoms with van der Waals surface area (Å²) >= 11 is 0. The Labute approximate surface area is 179 Å². The van der Waals surface area contributed by atoms with Gasteiger partial charge in [0.05, 0.1) is 23.1 Å². The van der Waals surface area contributed by atoms with Gasteiger partial charge in [-0.05, 0) is 31.5 Å². The van der Waals surface area contributed by atoms with Gasteiger partial charge in [0.15, 0.2) is 5.79 Å². The number of fused-ring (bicyclic) bond motifs is 1. The molecule has 1 N–H and O–H groups in total. The fourth-order valence-electron chi connectivity index (χ4n) is 3.90. The van der Waals surface area contributed by atoms with Crippen LogP contribution in [-0.4, -0.2) is 41.0 Å². The average Bonchev–Trinajstić information content (AvgIpc) is 3.22. The van der Waals surface area contributed by atoms with Crippen molar-refractivity contribution in [2.75, 3.05) is 0 Å². The van der Waals surface area contributed by atoms with Crippen molar-refractivity contribution >= 4 is 11.7 Å². The molecule has 9 nitrogen and oxygen atoms in total. The van der Waals surface area contributed by atoms with E-state index in [4.69, 9.17) is 19.0 Å². The predicted molar refractivity (Wildman–Crippen MR) is 109 cm³/mol. The van der Waals surface area contributed by atoms with Gasteiger partial charge in [-0.15, -0.1) is 0 Å². The van der Waals surface area contributed by atoms with Gasteiger partial charge in [0.1, 0.15) is 18.3 Å². The Morgan fingerprint density at radius 1 is 1.13 bits per heavy atom. The molecule has 1 saturated heterocycles. The molecule has 0 bridgehead atoms. The number of nitrogens with one attached hydrogen (secondary N) is 1. The number of carbonyl (C=O) groups excluding carboxylic acids is 1. The summed E-state index contributed by atoms with van der Waals surface area (Å²) in [6.45, 7) is 4.00. The minimum atomic E-state index is -0.812. The molecule has 4 atom stereocenters. The van der Waals surface area contributed by atoms with Gasteiger partial charge >= 0.3 is 5.97 Å². The second kappa shape index (κ2) is 8.72. The van der Waals surface area contributed by atoms with Gasteiger partial charge in [-0.25, -0.2) is 4.79 Å². The average molecular weight is 428 g/mol. The molecular weight excluding hydrogens is 404 g/mol. The van der Waals surface area contributed by atoms with E-state index in [1.807, 2.05) is 44.2 Å². The minimum absolute atomic E-state index is 0.0911. The number of nitro groups is 1. The SMILES string of the molecule is CC1(C)O[C@@H]2[C@H](O1)[C@@H](OC(=O)c1ccc([N+](=O)[O-])cc1)C[C@H]2NOCc1ccccc1. The Morgan fingerprint density at radius 3 is 2.48 bits per heavy atom. The first kappa shape index (κ1) is 21.4. The molecule has 164 valence electrons. The fraction of sp³-hybridized carbons (Fsp3) is 0.409. The lowest BCUT2D eigenvalue weighted by atomic mass is 10.2. The number of hydroxylamine groups is 1. The molecule has 4 rings (SSSR count). The van der Waals surface area contributed by atoms with E-state index in [0.29, 0.717) is 13.0 Å². The zero-order chi connectivity index (χ0) is 22.0. The van der Waals surface area contributed by atoms with Crippen LogP contribution in [-0.2, 0) is 25.7 Å². The highest BCUT2D eigenvalue weighted by atomic mass is 16.8. The van der Waals surface area contributed by atoms with Crippen LogP contribution in [0.25, 0.3) is 0 Å². The second-order valence-corrected chi connectivity index (χ2v) is 8.05. The molecule has 9 heteroatoms. The summed E-state index contributed by atoms with van der Waals surface area (Å²) < 4.78 is 17.7.